The second kappa shape index (κ2) is 56.3. The van der Waals surface area contributed by atoms with Crippen LogP contribution in [-0.4, -0.2) is 255 Å². The van der Waals surface area contributed by atoms with Crippen LogP contribution in [0.3, 0.4) is 0 Å². The smallest absolute Gasteiger partial charge is 0.312 e. The Kier molecular flexibility index (Phi) is 44.4. The minimum absolute atomic E-state index is 0.00489. The number of nitrogens with one attached hydrogen (secondary N) is 9. The minimum Gasteiger partial charge on any atom is -0.399 e. The van der Waals surface area contributed by atoms with Gasteiger partial charge in [-0.3, -0.25) is 57.8 Å². The van der Waals surface area contributed by atoms with Crippen LogP contribution in [0.1, 0.15) is 233 Å². The first-order valence-electron chi connectivity index (χ1n) is 51.3. The molecule has 1 aliphatic heterocycles. The van der Waals surface area contributed by atoms with Crippen LogP contribution in [0.15, 0.2) is 84.9 Å². The van der Waals surface area contributed by atoms with E-state index in [2.05, 4.69) is 102 Å². The molecule has 143 heavy (non-hydrogen) atoms. The maximum atomic E-state index is 15.1. The van der Waals surface area contributed by atoms with Crippen molar-refractivity contribution in [3.05, 3.63) is 135 Å². The Morgan fingerprint density at radius 3 is 1.66 bits per heavy atom. The molecule has 2 saturated carbocycles. The molecule has 0 spiro atoms. The number of para-hydroxylation sites is 1. The van der Waals surface area contributed by atoms with E-state index in [1.165, 1.54) is 16.7 Å². The molecule has 12 amide bonds. The highest BCUT2D eigenvalue weighted by molar-refractivity contribution is 7.85. The molecule has 1 aromatic heterocycles. The number of hydrogen-bond donors (Lipinski definition) is 12. The van der Waals surface area contributed by atoms with Gasteiger partial charge in [0.15, 0.2) is 0 Å². The number of anilines is 3. The lowest BCUT2D eigenvalue weighted by Crippen LogP contribution is -2.60. The van der Waals surface area contributed by atoms with E-state index in [0.717, 1.165) is 97.8 Å². The summed E-state index contributed by atoms with van der Waals surface area (Å²) in [5.41, 5.74) is 20.9. The Balaban J connectivity index is 0.639. The number of fused-ring (bicyclic) bond motifs is 9. The van der Waals surface area contributed by atoms with Crippen LogP contribution in [0.4, 0.5) is 21.9 Å². The quantitative estimate of drug-likeness (QED) is 0.00758. The van der Waals surface area contributed by atoms with Crippen LogP contribution in [0.25, 0.3) is 0 Å². The molecule has 5 aromatic rings. The van der Waals surface area contributed by atoms with Crippen LogP contribution in [0.2, 0.25) is 0 Å². The van der Waals surface area contributed by atoms with Gasteiger partial charge in [-0.2, -0.15) is 8.42 Å². The first-order valence-corrected chi connectivity index (χ1v) is 52.9. The van der Waals surface area contributed by atoms with Gasteiger partial charge in [0.1, 0.15) is 36.5 Å². The van der Waals surface area contributed by atoms with Crippen molar-refractivity contribution in [1.82, 2.24) is 57.5 Å². The molecule has 6 aliphatic rings. The van der Waals surface area contributed by atoms with Crippen molar-refractivity contribution in [3.8, 4) is 0 Å². The second-order valence-electron chi connectivity index (χ2n) is 39.6. The van der Waals surface area contributed by atoms with Gasteiger partial charge >= 0.3 is 6.03 Å². The summed E-state index contributed by atoms with van der Waals surface area (Å²) in [5.74, 6) is -5.37. The molecule has 5 aliphatic carbocycles. The maximum absolute atomic E-state index is 15.1. The van der Waals surface area contributed by atoms with E-state index in [1.807, 2.05) is 73.1 Å². The van der Waals surface area contributed by atoms with Gasteiger partial charge in [-0.1, -0.05) is 127 Å². The van der Waals surface area contributed by atoms with Gasteiger partial charge in [0.25, 0.3) is 10.1 Å². The molecular weight excluding hydrogens is 1860 g/mol. The normalized spacial score (nSPS) is 20.8. The summed E-state index contributed by atoms with van der Waals surface area (Å²) < 4.78 is 83.7. The average molecular weight is 2010 g/mol. The number of benzene rings is 4. The number of amides is 12. The summed E-state index contributed by atoms with van der Waals surface area (Å²) in [6.45, 7) is 16.8. The maximum Gasteiger partial charge on any atom is 0.312 e. The standard InChI is InChI=1S/C104H153N15O23S/c1-71(2)93(97(127)113-82(23-16-46-110-100(106)130)95(125)111-78-34-30-74-32-36-87-102(4,80(74)68-78)42-18-44-104(87,6)99(129)115-98(128)103(5)43-17-41-101(3)79-67-77(105)33-29-73(79)31-35-86(101)103)114-96(126)81(112-90(122)40-51-135-55-59-139-62-64-140-60-56-136-52-47-108-88(120)37-38-92(124)118-69-76-21-11-10-19-72(76)27-28-75-20-12-13-24-83(75)118)22-14-15-45-107-91(123)70-142-85-26-9-7-8-25-84-94(85)116-117-119(84)49-53-137-57-61-141-65-63-138-58-54-134-50-39-89(121)109-48-66-143(131,132)133/h10-13,19-21,24,29-30,33-34,67-68,71,81-82,85-87,93H,7-9,14-18,22-23,25-28,31-32,35-66,69-70,105H2,1-6H3,(H,107,123)(H,108,120)(H,109,121)(H,111,125)(H,112,122)(H,113,127)(H,114,126)(H3,106,110,130)(H,115,128,129)(H,131,132,133)/t81-,82+,85?,86-,87-,93+,101-,102-,103+,104+/m1/s1. The summed E-state index contributed by atoms with van der Waals surface area (Å²) in [5, 5.41) is 34.4. The molecule has 11 rings (SSSR count). The predicted molar refractivity (Wildman–Crippen MR) is 535 cm³/mol. The van der Waals surface area contributed by atoms with E-state index in [9.17, 15) is 56.4 Å². The summed E-state index contributed by atoms with van der Waals surface area (Å²) in [7, 11) is -4.16. The molecule has 10 atom stereocenters. The van der Waals surface area contributed by atoms with Gasteiger partial charge in [0, 0.05) is 68.9 Å². The topological polar surface area (TPSA) is 519 Å². The number of primary amides is 1. The number of nitrogens with zero attached hydrogens (tertiary/aromatic N) is 4. The molecular formula is C104H153N15O23S. The molecule has 39 heteroatoms. The van der Waals surface area contributed by atoms with Gasteiger partial charge in [-0.25, -0.2) is 9.48 Å². The number of nitrogens with two attached hydrogens (primary N) is 2. The number of ether oxygens (including phenoxy) is 9. The highest BCUT2D eigenvalue weighted by atomic mass is 32.2. The predicted octanol–water partition coefficient (Wildman–Crippen LogP) is 8.03. The molecule has 2 fully saturated rings. The van der Waals surface area contributed by atoms with E-state index < -0.39 is 97.8 Å². The van der Waals surface area contributed by atoms with E-state index >= 15 is 4.79 Å². The zero-order valence-electron chi connectivity index (χ0n) is 84.3. The summed E-state index contributed by atoms with van der Waals surface area (Å²) in [6.07, 6.45) is 13.8. The lowest BCUT2D eigenvalue weighted by molar-refractivity contribution is -0.150. The number of carbonyl (C=O) groups is 11. The molecule has 0 radical (unpaired) electrons. The molecule has 14 N–H and O–H groups in total. The molecule has 1 unspecified atom stereocenters. The van der Waals surface area contributed by atoms with Crippen molar-refractivity contribution >= 4 is 92.3 Å². The van der Waals surface area contributed by atoms with Gasteiger partial charge in [-0.05, 0) is 213 Å². The van der Waals surface area contributed by atoms with Crippen LogP contribution < -0.4 is 64.2 Å². The Morgan fingerprint density at radius 1 is 0.490 bits per heavy atom. The Labute approximate surface area is 840 Å². The third-order valence-corrected chi connectivity index (χ3v) is 29.8. The largest absolute Gasteiger partial charge is 0.399 e. The molecule has 0 saturated heterocycles. The number of urea groups is 1. The lowest BCUT2D eigenvalue weighted by Gasteiger charge is -2.56. The van der Waals surface area contributed by atoms with Crippen molar-refractivity contribution in [2.75, 3.05) is 160 Å². The number of aryl methyl sites for hydroxylation is 4. The van der Waals surface area contributed by atoms with E-state index in [-0.39, 0.29) is 197 Å². The zero-order valence-corrected chi connectivity index (χ0v) is 85.1. The van der Waals surface area contributed by atoms with Crippen LogP contribution in [0, 0.1) is 28.6 Å². The highest BCUT2D eigenvalue weighted by Gasteiger charge is 2.59. The van der Waals surface area contributed by atoms with Gasteiger partial charge in [-0.15, -0.1) is 5.10 Å². The van der Waals surface area contributed by atoms with Crippen molar-refractivity contribution in [1.29, 1.82) is 0 Å². The number of nitrogen functional groups attached to an aromatic ring is 1. The third-order valence-electron chi connectivity index (χ3n) is 29.1. The van der Waals surface area contributed by atoms with Crippen LogP contribution in [0.5, 0.6) is 0 Å². The number of aromatic nitrogens is 3. The SMILES string of the molecule is CC(C)[C@H](NC(=O)[C@@H](CCCCNC(=O)COC1CCCCCc2c1nnn2CCOCCOCCOCCOCCC(=O)NCCS(=O)(=O)O)NC(=O)CCOCCOCCOCCOCCNC(=O)CCC(=O)N1Cc2ccccc2CCc2ccccc21)C(=O)N[C@@H](CCCNC(N)=O)C(=O)Nc1ccc2c(c1)[C@@]1(C)CCC[C@](C)(C(=O)NC(=O)[C@@]3(C)CCC[C@]4(C)c5cc(N)ccc5CC[C@@H]34)[C@@H]1CC2. The molecule has 4 aromatic carbocycles. The molecule has 38 nitrogen and oxygen atoms in total. The summed E-state index contributed by atoms with van der Waals surface area (Å²) in [4.78, 5) is 154. The summed E-state index contributed by atoms with van der Waals surface area (Å²) in [6, 6.07) is 23.6. The van der Waals surface area contributed by atoms with Crippen LogP contribution in [-0.2, 0) is 157 Å². The monoisotopic (exact) mass is 2010 g/mol. The lowest BCUT2D eigenvalue weighted by atomic mass is 9.49. The Morgan fingerprint density at radius 2 is 1.03 bits per heavy atom. The van der Waals surface area contributed by atoms with E-state index in [0.29, 0.717) is 121 Å². The van der Waals surface area contributed by atoms with E-state index in [1.54, 1.807) is 18.7 Å². The highest BCUT2D eigenvalue weighted by Crippen LogP contribution is 2.60. The summed E-state index contributed by atoms with van der Waals surface area (Å²) >= 11 is 0. The number of unbranched alkanes of at least 4 members (excludes halogenated alkanes) is 1. The second-order valence-corrected chi connectivity index (χ2v) is 41.2. The average Bonchev–Trinajstić information content (AvgIpc) is 0.912. The van der Waals surface area contributed by atoms with Crippen molar-refractivity contribution < 1.29 is 108 Å². The van der Waals surface area contributed by atoms with Gasteiger partial charge in [0.2, 0.25) is 59.1 Å². The molecule has 788 valence electrons. The third kappa shape index (κ3) is 33.5. The van der Waals surface area contributed by atoms with Gasteiger partial charge < -0.3 is 102 Å². The number of rotatable bonds is 58. The van der Waals surface area contributed by atoms with Gasteiger partial charge in [0.05, 0.1) is 141 Å². The first-order chi connectivity index (χ1) is 68.8. The van der Waals surface area contributed by atoms with Crippen molar-refractivity contribution in [2.24, 2.45) is 34.3 Å². The number of hydrogen-bond acceptors (Lipinski definition) is 25. The van der Waals surface area contributed by atoms with Crippen molar-refractivity contribution in [2.45, 2.75) is 257 Å². The van der Waals surface area contributed by atoms with Crippen molar-refractivity contribution in [3.63, 3.8) is 0 Å². The number of carbonyl (C=O) groups excluding carboxylic acids is 11. The minimum atomic E-state index is -4.16. The van der Waals surface area contributed by atoms with Crippen LogP contribution >= 0.6 is 0 Å². The molecule has 0 bridgehead atoms. The zero-order chi connectivity index (χ0) is 102. The fourth-order valence-electron chi connectivity index (χ4n) is 21.4. The Hall–Kier alpha value is -10.5. The Bertz CT molecular complexity index is 5180. The fourth-order valence-corrected chi connectivity index (χ4v) is 21.8. The fraction of sp³-hybridized carbons (Fsp3) is 0.644. The molecule has 2 heterocycles. The van der Waals surface area contributed by atoms with E-state index in [4.69, 9.17) is 58.7 Å². The number of imide groups is 1. The first kappa shape index (κ1) is 113.